The average Bonchev–Trinajstić information content (AvgIpc) is 3.15. The molecule has 7 nitrogen and oxygen atoms in total. The van der Waals surface area contributed by atoms with E-state index in [0.717, 1.165) is 5.56 Å². The van der Waals surface area contributed by atoms with E-state index in [4.69, 9.17) is 0 Å². The van der Waals surface area contributed by atoms with Gasteiger partial charge in [0, 0.05) is 25.9 Å². The Kier molecular flexibility index (Phi) is 5.42. The fourth-order valence-corrected chi connectivity index (χ4v) is 3.17. The molecule has 0 unspecified atom stereocenters. The highest BCUT2D eigenvalue weighted by Crippen LogP contribution is 2.20. The molecule has 0 radical (unpaired) electrons. The van der Waals surface area contributed by atoms with Gasteiger partial charge in [-0.2, -0.15) is 15.0 Å². The summed E-state index contributed by atoms with van der Waals surface area (Å²) in [6, 6.07) is 9.66. The maximum atomic E-state index is 12.7. The Morgan fingerprint density at radius 3 is 2.40 bits per heavy atom. The number of hydrogen-bond donors (Lipinski definition) is 1. The third-order valence-electron chi connectivity index (χ3n) is 4.64. The zero-order valence-electron chi connectivity index (χ0n) is 14.3. The SMILES string of the molecule is CC(=O)N1CCC(C(=O)N[C@H](Cn2nccn2)c2ccccc2)CC1. The second kappa shape index (κ2) is 7.92. The first kappa shape index (κ1) is 17.1. The van der Waals surface area contributed by atoms with Crippen molar-refractivity contribution in [3.8, 4) is 0 Å². The summed E-state index contributed by atoms with van der Waals surface area (Å²) in [5, 5.41) is 11.4. The van der Waals surface area contributed by atoms with Crippen LogP contribution in [0.1, 0.15) is 31.4 Å². The third-order valence-corrected chi connectivity index (χ3v) is 4.64. The zero-order chi connectivity index (χ0) is 17.6. The third kappa shape index (κ3) is 4.43. The molecule has 132 valence electrons. The molecule has 2 amide bonds. The molecule has 7 heteroatoms. The molecule has 1 N–H and O–H groups in total. The fraction of sp³-hybridized carbons (Fsp3) is 0.444. The van der Waals surface area contributed by atoms with Gasteiger partial charge in [-0.1, -0.05) is 30.3 Å². The van der Waals surface area contributed by atoms with E-state index in [-0.39, 0.29) is 23.8 Å². The van der Waals surface area contributed by atoms with Crippen molar-refractivity contribution in [1.29, 1.82) is 0 Å². The minimum Gasteiger partial charge on any atom is -0.347 e. The molecule has 1 saturated heterocycles. The summed E-state index contributed by atoms with van der Waals surface area (Å²) in [6.45, 7) is 3.34. The molecule has 1 aliphatic rings. The summed E-state index contributed by atoms with van der Waals surface area (Å²) in [4.78, 5) is 27.5. The van der Waals surface area contributed by atoms with Crippen LogP contribution >= 0.6 is 0 Å². The lowest BCUT2D eigenvalue weighted by Crippen LogP contribution is -2.43. The Hall–Kier alpha value is -2.70. The first-order valence-electron chi connectivity index (χ1n) is 8.58. The molecule has 1 aromatic heterocycles. The highest BCUT2D eigenvalue weighted by molar-refractivity contribution is 5.80. The van der Waals surface area contributed by atoms with Gasteiger partial charge in [-0.05, 0) is 18.4 Å². The number of nitrogens with one attached hydrogen (secondary N) is 1. The lowest BCUT2D eigenvalue weighted by Gasteiger charge is -2.31. The van der Waals surface area contributed by atoms with Gasteiger partial charge < -0.3 is 10.2 Å². The number of nitrogens with zero attached hydrogens (tertiary/aromatic N) is 4. The molecule has 0 aliphatic carbocycles. The van der Waals surface area contributed by atoms with E-state index in [1.165, 1.54) is 0 Å². The maximum Gasteiger partial charge on any atom is 0.223 e. The van der Waals surface area contributed by atoms with E-state index in [0.29, 0.717) is 32.5 Å². The van der Waals surface area contributed by atoms with Gasteiger partial charge in [0.15, 0.2) is 0 Å². The van der Waals surface area contributed by atoms with Gasteiger partial charge in [-0.3, -0.25) is 9.59 Å². The van der Waals surface area contributed by atoms with Crippen LogP contribution in [0.2, 0.25) is 0 Å². The molecule has 1 fully saturated rings. The Morgan fingerprint density at radius 1 is 1.16 bits per heavy atom. The van der Waals surface area contributed by atoms with E-state index in [1.54, 1.807) is 29.0 Å². The van der Waals surface area contributed by atoms with Gasteiger partial charge in [0.05, 0.1) is 25.0 Å². The van der Waals surface area contributed by atoms with Gasteiger partial charge in [-0.15, -0.1) is 0 Å². The van der Waals surface area contributed by atoms with Gasteiger partial charge in [0.25, 0.3) is 0 Å². The van der Waals surface area contributed by atoms with Crippen LogP contribution in [0, 0.1) is 5.92 Å². The number of carbonyl (C=O) groups is 2. The minimum atomic E-state index is -0.188. The van der Waals surface area contributed by atoms with Crippen molar-refractivity contribution < 1.29 is 9.59 Å². The van der Waals surface area contributed by atoms with Crippen LogP contribution in [-0.4, -0.2) is 44.8 Å². The summed E-state index contributed by atoms with van der Waals surface area (Å²) in [7, 11) is 0. The van der Waals surface area contributed by atoms with Crippen molar-refractivity contribution in [2.45, 2.75) is 32.4 Å². The first-order valence-corrected chi connectivity index (χ1v) is 8.58. The fourth-order valence-electron chi connectivity index (χ4n) is 3.17. The van der Waals surface area contributed by atoms with Crippen LogP contribution in [0.15, 0.2) is 42.7 Å². The van der Waals surface area contributed by atoms with Gasteiger partial charge in [0.2, 0.25) is 11.8 Å². The van der Waals surface area contributed by atoms with Crippen LogP contribution in [0.25, 0.3) is 0 Å². The van der Waals surface area contributed by atoms with E-state index in [1.807, 2.05) is 30.3 Å². The number of carbonyl (C=O) groups excluding carboxylic acids is 2. The number of rotatable bonds is 5. The van der Waals surface area contributed by atoms with Crippen LogP contribution < -0.4 is 5.32 Å². The number of piperidine rings is 1. The second-order valence-electron chi connectivity index (χ2n) is 6.34. The van der Waals surface area contributed by atoms with Crippen molar-refractivity contribution in [3.05, 3.63) is 48.3 Å². The summed E-state index contributed by atoms with van der Waals surface area (Å²) < 4.78 is 0. The lowest BCUT2D eigenvalue weighted by atomic mass is 9.95. The molecule has 1 atom stereocenters. The standard InChI is InChI=1S/C18H23N5O2/c1-14(24)22-11-7-16(8-12-22)18(25)21-17(13-23-19-9-10-20-23)15-5-3-2-4-6-15/h2-6,9-10,16-17H,7-8,11-13H2,1H3,(H,21,25)/t17-/m1/s1. The molecule has 3 rings (SSSR count). The van der Waals surface area contributed by atoms with Crippen molar-refractivity contribution in [2.24, 2.45) is 5.92 Å². The summed E-state index contributed by atoms with van der Waals surface area (Å²) >= 11 is 0. The highest BCUT2D eigenvalue weighted by atomic mass is 16.2. The summed E-state index contributed by atoms with van der Waals surface area (Å²) in [5.74, 6) is 0.0439. The molecule has 1 aromatic carbocycles. The first-order chi connectivity index (χ1) is 12.1. The number of likely N-dealkylation sites (tertiary alicyclic amines) is 1. The molecule has 2 heterocycles. The Morgan fingerprint density at radius 2 is 1.80 bits per heavy atom. The topological polar surface area (TPSA) is 80.1 Å². The summed E-state index contributed by atoms with van der Waals surface area (Å²) in [6.07, 6.45) is 4.66. The zero-order valence-corrected chi connectivity index (χ0v) is 14.3. The molecular formula is C18H23N5O2. The Bertz CT molecular complexity index is 694. The van der Waals surface area contributed by atoms with Gasteiger partial charge >= 0.3 is 0 Å². The molecule has 0 bridgehead atoms. The summed E-state index contributed by atoms with van der Waals surface area (Å²) in [5.41, 5.74) is 1.02. The Balaban J connectivity index is 1.65. The predicted octanol–water partition coefficient (Wildman–Crippen LogP) is 1.39. The van der Waals surface area contributed by atoms with Crippen molar-refractivity contribution >= 4 is 11.8 Å². The molecule has 25 heavy (non-hydrogen) atoms. The Labute approximate surface area is 147 Å². The average molecular weight is 341 g/mol. The second-order valence-corrected chi connectivity index (χ2v) is 6.34. The smallest absolute Gasteiger partial charge is 0.223 e. The van der Waals surface area contributed by atoms with E-state index >= 15 is 0 Å². The predicted molar refractivity (Wildman–Crippen MR) is 92.3 cm³/mol. The largest absolute Gasteiger partial charge is 0.347 e. The monoisotopic (exact) mass is 341 g/mol. The number of hydrogen-bond acceptors (Lipinski definition) is 4. The van der Waals surface area contributed by atoms with Gasteiger partial charge in [0.1, 0.15) is 0 Å². The van der Waals surface area contributed by atoms with E-state index in [9.17, 15) is 9.59 Å². The van der Waals surface area contributed by atoms with Gasteiger partial charge in [-0.25, -0.2) is 0 Å². The van der Waals surface area contributed by atoms with E-state index in [2.05, 4.69) is 15.5 Å². The normalized spacial score (nSPS) is 16.4. The van der Waals surface area contributed by atoms with Crippen molar-refractivity contribution in [2.75, 3.05) is 13.1 Å². The maximum absolute atomic E-state index is 12.7. The molecule has 0 saturated carbocycles. The number of amides is 2. The van der Waals surface area contributed by atoms with Crippen molar-refractivity contribution in [3.63, 3.8) is 0 Å². The van der Waals surface area contributed by atoms with Crippen LogP contribution in [0.3, 0.4) is 0 Å². The van der Waals surface area contributed by atoms with Crippen LogP contribution in [0.5, 0.6) is 0 Å². The molecular weight excluding hydrogens is 318 g/mol. The van der Waals surface area contributed by atoms with Crippen LogP contribution in [0.4, 0.5) is 0 Å². The molecule has 1 aliphatic heterocycles. The number of benzene rings is 1. The molecule has 0 spiro atoms. The minimum absolute atomic E-state index is 0.0317. The lowest BCUT2D eigenvalue weighted by molar-refractivity contribution is -0.134. The quantitative estimate of drug-likeness (QED) is 0.891. The van der Waals surface area contributed by atoms with Crippen LogP contribution in [-0.2, 0) is 16.1 Å². The van der Waals surface area contributed by atoms with E-state index < -0.39 is 0 Å². The highest BCUT2D eigenvalue weighted by Gasteiger charge is 2.28. The number of aromatic nitrogens is 3. The molecule has 2 aromatic rings. The van der Waals surface area contributed by atoms with Crippen molar-refractivity contribution in [1.82, 2.24) is 25.2 Å².